The fraction of sp³-hybridized carbons (Fsp3) is 0.462. The van der Waals surface area contributed by atoms with Gasteiger partial charge in [-0.15, -0.1) is 0 Å². The maximum atomic E-state index is 13.3. The van der Waals surface area contributed by atoms with E-state index >= 15 is 0 Å². The van der Waals surface area contributed by atoms with Gasteiger partial charge >= 0.3 is 0 Å². The third kappa shape index (κ3) is 4.67. The second-order valence-corrected chi connectivity index (χ2v) is 9.09. The average Bonchev–Trinajstić information content (AvgIpc) is 3.13. The molecule has 2 aliphatic heterocycles. The number of hydrogen-bond acceptors (Lipinski definition) is 3. The minimum absolute atomic E-state index is 0.0506. The van der Waals surface area contributed by atoms with Gasteiger partial charge in [-0.1, -0.05) is 55.5 Å². The zero-order chi connectivity index (χ0) is 21.8. The second kappa shape index (κ2) is 9.23. The monoisotopic (exact) mass is 419 g/mol. The smallest absolute Gasteiger partial charge is 0.254 e. The fourth-order valence-electron chi connectivity index (χ4n) is 4.88. The molecule has 2 aromatic carbocycles. The molecule has 2 aromatic rings. The van der Waals surface area contributed by atoms with E-state index in [9.17, 15) is 9.59 Å². The molecule has 0 radical (unpaired) electrons. The van der Waals surface area contributed by atoms with Gasteiger partial charge in [-0.05, 0) is 43.4 Å². The Bertz CT molecular complexity index is 919. The number of carbonyl (C=O) groups is 2. The summed E-state index contributed by atoms with van der Waals surface area (Å²) in [5.41, 5.74) is 2.73. The molecule has 5 heteroatoms. The first-order valence-corrected chi connectivity index (χ1v) is 11.5. The third-order valence-corrected chi connectivity index (χ3v) is 6.94. The Hall–Kier alpha value is -2.66. The Kier molecular flexibility index (Phi) is 6.42. The van der Waals surface area contributed by atoms with Crippen LogP contribution in [0.15, 0.2) is 54.6 Å². The molecular formula is C26H33N3O2. The van der Waals surface area contributed by atoms with Gasteiger partial charge in [0, 0.05) is 37.8 Å². The Morgan fingerprint density at radius 1 is 1.06 bits per heavy atom. The number of likely N-dealkylation sites (tertiary alicyclic amines) is 1. The minimum Gasteiger partial charge on any atom is -0.354 e. The van der Waals surface area contributed by atoms with E-state index < -0.39 is 5.54 Å². The first kappa shape index (κ1) is 21.6. The number of piperidine rings is 1. The van der Waals surface area contributed by atoms with Crippen molar-refractivity contribution in [2.24, 2.45) is 0 Å². The molecule has 5 nitrogen and oxygen atoms in total. The molecule has 0 saturated carbocycles. The SMILES string of the molecule is CCC(C)NC(=O)CC1(N2Cc3ccccc3C2=O)CCN(Cc2ccccc2)CC1. The topological polar surface area (TPSA) is 52.7 Å². The van der Waals surface area contributed by atoms with Crippen molar-refractivity contribution in [2.75, 3.05) is 13.1 Å². The molecule has 0 aliphatic carbocycles. The van der Waals surface area contributed by atoms with Gasteiger partial charge in [0.15, 0.2) is 0 Å². The van der Waals surface area contributed by atoms with Crippen molar-refractivity contribution >= 4 is 11.8 Å². The number of nitrogens with one attached hydrogen (secondary N) is 1. The Balaban J connectivity index is 1.52. The van der Waals surface area contributed by atoms with Crippen molar-refractivity contribution in [2.45, 2.75) is 64.2 Å². The molecule has 1 fully saturated rings. The van der Waals surface area contributed by atoms with Crippen molar-refractivity contribution in [3.05, 3.63) is 71.3 Å². The number of carbonyl (C=O) groups excluding carboxylic acids is 2. The number of rotatable bonds is 7. The molecule has 2 amide bonds. The number of nitrogens with zero attached hydrogens (tertiary/aromatic N) is 2. The molecule has 0 bridgehead atoms. The fourth-order valence-corrected chi connectivity index (χ4v) is 4.88. The summed E-state index contributed by atoms with van der Waals surface area (Å²) in [5.74, 6) is 0.123. The van der Waals surface area contributed by atoms with Gasteiger partial charge in [-0.3, -0.25) is 14.5 Å². The molecule has 1 saturated heterocycles. The molecule has 0 aromatic heterocycles. The van der Waals surface area contributed by atoms with Crippen LogP contribution in [0.4, 0.5) is 0 Å². The van der Waals surface area contributed by atoms with E-state index in [2.05, 4.69) is 41.4 Å². The van der Waals surface area contributed by atoms with E-state index in [1.54, 1.807) is 0 Å². The lowest BCUT2D eigenvalue weighted by Gasteiger charge is -2.47. The quantitative estimate of drug-likeness (QED) is 0.739. The van der Waals surface area contributed by atoms with Gasteiger partial charge in [-0.2, -0.15) is 0 Å². The summed E-state index contributed by atoms with van der Waals surface area (Å²) >= 11 is 0. The molecule has 4 rings (SSSR count). The first-order valence-electron chi connectivity index (χ1n) is 11.5. The summed E-state index contributed by atoms with van der Waals surface area (Å²) in [7, 11) is 0. The highest BCUT2D eigenvalue weighted by molar-refractivity contribution is 5.99. The number of fused-ring (bicyclic) bond motifs is 1. The highest BCUT2D eigenvalue weighted by atomic mass is 16.2. The van der Waals surface area contributed by atoms with Crippen LogP contribution in [0, 0.1) is 0 Å². The average molecular weight is 420 g/mol. The normalized spacial score (nSPS) is 19.2. The van der Waals surface area contributed by atoms with E-state index in [0.717, 1.165) is 50.0 Å². The van der Waals surface area contributed by atoms with E-state index in [1.807, 2.05) is 42.2 Å². The zero-order valence-electron chi connectivity index (χ0n) is 18.6. The van der Waals surface area contributed by atoms with Crippen LogP contribution in [0.5, 0.6) is 0 Å². The van der Waals surface area contributed by atoms with Crippen LogP contribution in [0.3, 0.4) is 0 Å². The zero-order valence-corrected chi connectivity index (χ0v) is 18.6. The lowest BCUT2D eigenvalue weighted by Crippen LogP contribution is -2.57. The molecule has 1 N–H and O–H groups in total. The molecule has 1 unspecified atom stereocenters. The number of benzene rings is 2. The predicted octanol–water partition coefficient (Wildman–Crippen LogP) is 3.98. The van der Waals surface area contributed by atoms with E-state index in [0.29, 0.717) is 13.0 Å². The van der Waals surface area contributed by atoms with Crippen molar-refractivity contribution in [3.63, 3.8) is 0 Å². The second-order valence-electron chi connectivity index (χ2n) is 9.09. The minimum atomic E-state index is -0.430. The van der Waals surface area contributed by atoms with Gasteiger partial charge in [0.25, 0.3) is 5.91 Å². The molecule has 164 valence electrons. The lowest BCUT2D eigenvalue weighted by molar-refractivity contribution is -0.125. The van der Waals surface area contributed by atoms with Gasteiger partial charge in [0.05, 0.1) is 12.0 Å². The lowest BCUT2D eigenvalue weighted by atomic mass is 9.82. The summed E-state index contributed by atoms with van der Waals surface area (Å²) in [6, 6.07) is 18.5. The highest BCUT2D eigenvalue weighted by Gasteiger charge is 2.46. The Morgan fingerprint density at radius 3 is 2.42 bits per heavy atom. The van der Waals surface area contributed by atoms with Crippen molar-refractivity contribution in [1.82, 2.24) is 15.1 Å². The summed E-state index contributed by atoms with van der Waals surface area (Å²) < 4.78 is 0. The van der Waals surface area contributed by atoms with Crippen LogP contribution in [-0.4, -0.2) is 46.3 Å². The van der Waals surface area contributed by atoms with Crippen LogP contribution >= 0.6 is 0 Å². The molecular weight excluding hydrogens is 386 g/mol. The Labute approximate surface area is 185 Å². The summed E-state index contributed by atoms with van der Waals surface area (Å²) in [6.45, 7) is 7.37. The van der Waals surface area contributed by atoms with Crippen molar-refractivity contribution in [3.8, 4) is 0 Å². The van der Waals surface area contributed by atoms with Crippen molar-refractivity contribution in [1.29, 1.82) is 0 Å². The Morgan fingerprint density at radius 2 is 1.74 bits per heavy atom. The molecule has 1 atom stereocenters. The summed E-state index contributed by atoms with van der Waals surface area (Å²) in [4.78, 5) is 30.7. The summed E-state index contributed by atoms with van der Waals surface area (Å²) in [5, 5.41) is 3.12. The standard InChI is InChI=1S/C26H33N3O2/c1-3-20(2)27-24(30)17-26(29-19-22-11-7-8-12-23(22)25(29)31)13-15-28(16-14-26)18-21-9-5-4-6-10-21/h4-12,20H,3,13-19H2,1-2H3,(H,27,30). The van der Waals surface area contributed by atoms with Crippen LogP contribution in [0.2, 0.25) is 0 Å². The van der Waals surface area contributed by atoms with Crippen molar-refractivity contribution < 1.29 is 9.59 Å². The number of amides is 2. The first-order chi connectivity index (χ1) is 15.0. The highest BCUT2D eigenvalue weighted by Crippen LogP contribution is 2.38. The maximum Gasteiger partial charge on any atom is 0.254 e. The molecule has 31 heavy (non-hydrogen) atoms. The van der Waals surface area contributed by atoms with E-state index in [1.165, 1.54) is 5.56 Å². The van der Waals surface area contributed by atoms with Crippen LogP contribution in [0.1, 0.15) is 61.0 Å². The van der Waals surface area contributed by atoms with Gasteiger partial charge < -0.3 is 10.2 Å². The molecule has 2 aliphatic rings. The number of hydrogen-bond donors (Lipinski definition) is 1. The molecule has 0 spiro atoms. The largest absolute Gasteiger partial charge is 0.354 e. The van der Waals surface area contributed by atoms with Crippen LogP contribution < -0.4 is 5.32 Å². The van der Waals surface area contributed by atoms with Gasteiger partial charge in [0.1, 0.15) is 0 Å². The van der Waals surface area contributed by atoms with Crippen LogP contribution in [-0.2, 0) is 17.9 Å². The van der Waals surface area contributed by atoms with Crippen LogP contribution in [0.25, 0.3) is 0 Å². The van der Waals surface area contributed by atoms with Gasteiger partial charge in [0.2, 0.25) is 5.91 Å². The predicted molar refractivity (Wildman–Crippen MR) is 123 cm³/mol. The third-order valence-electron chi connectivity index (χ3n) is 6.94. The maximum absolute atomic E-state index is 13.3. The summed E-state index contributed by atoms with van der Waals surface area (Å²) in [6.07, 6.45) is 2.90. The van der Waals surface area contributed by atoms with E-state index in [4.69, 9.17) is 0 Å². The van der Waals surface area contributed by atoms with Gasteiger partial charge in [-0.25, -0.2) is 0 Å². The molecule has 2 heterocycles. The van der Waals surface area contributed by atoms with E-state index in [-0.39, 0.29) is 17.9 Å².